The molecule has 0 aromatic heterocycles. The van der Waals surface area contributed by atoms with E-state index in [1.807, 2.05) is 6.92 Å². The van der Waals surface area contributed by atoms with E-state index in [-0.39, 0.29) is 37.7 Å². The molecule has 0 aromatic carbocycles. The first-order valence-electron chi connectivity index (χ1n) is 9.94. The number of carboxylic acids is 1. The van der Waals surface area contributed by atoms with Crippen LogP contribution in [0, 0.1) is 16.7 Å². The topological polar surface area (TPSA) is 251 Å². The second-order valence-electron chi connectivity index (χ2n) is 8.86. The fourth-order valence-electron chi connectivity index (χ4n) is 5.41. The average molecular weight is 483 g/mol. The zero-order valence-electron chi connectivity index (χ0n) is 19.2. The largest absolute Gasteiger partial charge is 0.748 e. The number of carboxylic acid groups (broad SMARTS) is 1. The van der Waals surface area contributed by atoms with Crippen molar-refractivity contribution in [2.45, 2.75) is 58.2 Å². The van der Waals surface area contributed by atoms with E-state index in [0.29, 0.717) is 30.4 Å². The number of hydrogen-bond donors (Lipinski definition) is 6. The maximum Gasteiger partial charge on any atom is 0.103 e. The number of carbonyl (C=O) groups is 1. The molecular weight excluding hydrogens is 444 g/mol. The van der Waals surface area contributed by atoms with Crippen LogP contribution in [0.1, 0.15) is 46.0 Å². The van der Waals surface area contributed by atoms with Gasteiger partial charge in [0, 0.05) is 11.0 Å². The molecule has 1 unspecified atom stereocenters. The molecule has 0 bridgehead atoms. The van der Waals surface area contributed by atoms with Gasteiger partial charge in [0.2, 0.25) is 0 Å². The van der Waals surface area contributed by atoms with Crippen LogP contribution in [-0.4, -0.2) is 70.5 Å². The monoisotopic (exact) mass is 482 g/mol. The SMILES string of the molecule is C[C@@]12CC[C@@H](O)[C@@](C)(CO)C1CCC(CS(=O)(=O)[O-])=C2C/C=C(/C(=O)[O-])[C@H](O)CO.[NH4+].[NH4+]. The predicted molar refractivity (Wildman–Crippen MR) is 116 cm³/mol. The summed E-state index contributed by atoms with van der Waals surface area (Å²) in [5.41, 5.74) is -1.10. The van der Waals surface area contributed by atoms with Gasteiger partial charge in [-0.1, -0.05) is 31.1 Å². The summed E-state index contributed by atoms with van der Waals surface area (Å²) in [7, 11) is -4.59. The Labute approximate surface area is 188 Å². The van der Waals surface area contributed by atoms with Gasteiger partial charge in [-0.15, -0.1) is 0 Å². The van der Waals surface area contributed by atoms with Crippen LogP contribution in [-0.2, 0) is 14.9 Å². The minimum atomic E-state index is -4.59. The van der Waals surface area contributed by atoms with E-state index in [0.717, 1.165) is 0 Å². The summed E-state index contributed by atoms with van der Waals surface area (Å²) >= 11 is 0. The molecule has 2 aliphatic carbocycles. The Hall–Kier alpha value is -1.38. The normalized spacial score (nSPS) is 31.8. The molecule has 5 atom stereocenters. The quantitative estimate of drug-likeness (QED) is 0.149. The van der Waals surface area contributed by atoms with Gasteiger partial charge in [0.05, 0.1) is 41.2 Å². The van der Waals surface area contributed by atoms with Gasteiger partial charge in [-0.05, 0) is 43.4 Å². The third-order valence-corrected chi connectivity index (χ3v) is 7.80. The molecule has 2 aliphatic rings. The summed E-state index contributed by atoms with van der Waals surface area (Å²) in [5, 5.41) is 50.8. The van der Waals surface area contributed by atoms with Crippen LogP contribution in [0.25, 0.3) is 0 Å². The molecule has 0 radical (unpaired) electrons. The lowest BCUT2D eigenvalue weighted by atomic mass is 9.48. The number of quaternary nitrogens is 2. The zero-order valence-corrected chi connectivity index (χ0v) is 20.0. The van der Waals surface area contributed by atoms with Crippen molar-refractivity contribution in [3.8, 4) is 0 Å². The third kappa shape index (κ3) is 5.94. The predicted octanol–water partition coefficient (Wildman–Crippen LogP) is -0.430. The van der Waals surface area contributed by atoms with E-state index in [9.17, 15) is 38.2 Å². The molecule has 12 N–H and O–H groups in total. The van der Waals surface area contributed by atoms with Gasteiger partial charge in [0.15, 0.2) is 0 Å². The van der Waals surface area contributed by atoms with Crippen molar-refractivity contribution in [1.29, 1.82) is 0 Å². The fourth-order valence-corrected chi connectivity index (χ4v) is 6.16. The van der Waals surface area contributed by atoms with Gasteiger partial charge in [0.1, 0.15) is 6.10 Å². The molecule has 0 aromatic rings. The summed E-state index contributed by atoms with van der Waals surface area (Å²) in [6.07, 6.45) is 0.242. The molecule has 1 fully saturated rings. The molecule has 32 heavy (non-hydrogen) atoms. The first-order valence-corrected chi connectivity index (χ1v) is 11.5. The molecule has 0 saturated heterocycles. The number of carbonyl (C=O) groups excluding carboxylic acids is 1. The highest BCUT2D eigenvalue weighted by molar-refractivity contribution is 7.85. The molecule has 1 saturated carbocycles. The summed E-state index contributed by atoms with van der Waals surface area (Å²) in [5.74, 6) is -2.60. The van der Waals surface area contributed by atoms with Gasteiger partial charge < -0.3 is 47.2 Å². The first kappa shape index (κ1) is 30.6. The summed E-state index contributed by atoms with van der Waals surface area (Å²) < 4.78 is 34.5. The molecule has 0 amide bonds. The lowest BCUT2D eigenvalue weighted by Crippen LogP contribution is -2.55. The van der Waals surface area contributed by atoms with E-state index in [1.54, 1.807) is 6.92 Å². The standard InChI is InChI=1S/C20H32O9S.2H3N/c1-19-8-7-17(24)20(2,11-22)16(19)6-3-12(10-30(27,28)29)14(19)5-4-13(18(25)26)15(23)9-21;;/h4,15-17,21-24H,3,5-11H2,1-2H3,(H,25,26)(H,27,28,29);2*1H3/b13-4+;;/t15-,16?,17-,19+,20+;;/m1../s1. The van der Waals surface area contributed by atoms with Crippen molar-refractivity contribution in [2.75, 3.05) is 19.0 Å². The Kier molecular flexibility index (Phi) is 10.7. The summed E-state index contributed by atoms with van der Waals surface area (Å²) in [6, 6.07) is 0. The Morgan fingerprint density at radius 1 is 1.25 bits per heavy atom. The van der Waals surface area contributed by atoms with Gasteiger partial charge >= 0.3 is 0 Å². The fraction of sp³-hybridized carbons (Fsp3) is 0.750. The van der Waals surface area contributed by atoms with Crippen molar-refractivity contribution in [1.82, 2.24) is 12.3 Å². The van der Waals surface area contributed by atoms with Crippen LogP contribution >= 0.6 is 0 Å². The molecule has 0 heterocycles. The smallest absolute Gasteiger partial charge is 0.103 e. The molecule has 0 aliphatic heterocycles. The maximum atomic E-state index is 11.5. The number of fused-ring (bicyclic) bond motifs is 1. The van der Waals surface area contributed by atoms with E-state index < -0.39 is 57.1 Å². The van der Waals surface area contributed by atoms with E-state index >= 15 is 0 Å². The second kappa shape index (κ2) is 11.2. The summed E-state index contributed by atoms with van der Waals surface area (Å²) in [4.78, 5) is 11.4. The van der Waals surface area contributed by atoms with Gasteiger partial charge in [0.25, 0.3) is 0 Å². The second-order valence-corrected chi connectivity index (χ2v) is 10.3. The van der Waals surface area contributed by atoms with Crippen LogP contribution in [0.15, 0.2) is 22.8 Å². The number of hydrogen-bond acceptors (Lipinski definition) is 9. The van der Waals surface area contributed by atoms with Crippen LogP contribution in [0.3, 0.4) is 0 Å². The lowest BCUT2D eigenvalue weighted by molar-refractivity contribution is -0.300. The highest BCUT2D eigenvalue weighted by Gasteiger charge is 2.55. The Balaban J connectivity index is 0.00000480. The third-order valence-electron chi connectivity index (χ3n) is 7.10. The maximum absolute atomic E-state index is 11.5. The van der Waals surface area contributed by atoms with Crippen molar-refractivity contribution < 1.29 is 43.3 Å². The lowest BCUT2D eigenvalue weighted by Gasteiger charge is -2.57. The van der Waals surface area contributed by atoms with Crippen LogP contribution in [0.4, 0.5) is 0 Å². The minimum absolute atomic E-state index is 0. The van der Waals surface area contributed by atoms with Crippen molar-refractivity contribution in [3.63, 3.8) is 0 Å². The van der Waals surface area contributed by atoms with Crippen LogP contribution in [0.2, 0.25) is 0 Å². The van der Waals surface area contributed by atoms with Gasteiger partial charge in [-0.3, -0.25) is 0 Å². The number of rotatable bonds is 8. The van der Waals surface area contributed by atoms with E-state index in [4.69, 9.17) is 5.11 Å². The van der Waals surface area contributed by atoms with Gasteiger partial charge in [-0.25, -0.2) is 8.42 Å². The minimum Gasteiger partial charge on any atom is -0.748 e. The Morgan fingerprint density at radius 2 is 1.84 bits per heavy atom. The van der Waals surface area contributed by atoms with Crippen molar-refractivity contribution in [2.24, 2.45) is 16.7 Å². The first-order chi connectivity index (χ1) is 13.8. The molecular formula is C20H38N2O9S. The highest BCUT2D eigenvalue weighted by Crippen LogP contribution is 2.60. The van der Waals surface area contributed by atoms with Crippen molar-refractivity contribution >= 4 is 16.1 Å². The zero-order chi connectivity index (χ0) is 22.9. The number of aliphatic hydroxyl groups excluding tert-OH is 4. The molecule has 2 rings (SSSR count). The Bertz CT molecular complexity index is 842. The number of aliphatic carboxylic acids is 1. The van der Waals surface area contributed by atoms with E-state index in [2.05, 4.69) is 0 Å². The highest BCUT2D eigenvalue weighted by atomic mass is 32.2. The molecule has 12 heteroatoms. The average Bonchev–Trinajstić information content (AvgIpc) is 2.65. The molecule has 0 spiro atoms. The van der Waals surface area contributed by atoms with Crippen LogP contribution in [0.5, 0.6) is 0 Å². The summed E-state index contributed by atoms with van der Waals surface area (Å²) in [6.45, 7) is 2.54. The Morgan fingerprint density at radius 3 is 2.31 bits per heavy atom. The molecule has 11 nitrogen and oxygen atoms in total. The van der Waals surface area contributed by atoms with Crippen LogP contribution < -0.4 is 17.4 Å². The van der Waals surface area contributed by atoms with E-state index in [1.165, 1.54) is 6.08 Å². The number of aliphatic hydroxyl groups is 4. The molecule has 188 valence electrons. The number of allylic oxidation sites excluding steroid dienone is 2. The van der Waals surface area contributed by atoms with Gasteiger partial charge in [-0.2, -0.15) is 0 Å². The van der Waals surface area contributed by atoms with Crippen molar-refractivity contribution in [3.05, 3.63) is 22.8 Å².